The second-order valence-corrected chi connectivity index (χ2v) is 8.03. The standard InChI is InChI=1S/C15H21FN4O5S/c1-10-13(16)7-12(8-14(10)20(22)23)26(24,25)19-6-2-3-11(9-19)15(21)18-5-4-17/h7-8,11H,2-6,9,17H2,1H3,(H,18,21). The van der Waals surface area contributed by atoms with E-state index in [2.05, 4.69) is 5.32 Å². The number of nitrogens with two attached hydrogens (primary N) is 1. The molecule has 1 heterocycles. The lowest BCUT2D eigenvalue weighted by Gasteiger charge is -2.31. The summed E-state index contributed by atoms with van der Waals surface area (Å²) in [5.41, 5.74) is 4.50. The summed E-state index contributed by atoms with van der Waals surface area (Å²) in [6, 6.07) is 1.63. The Labute approximate surface area is 150 Å². The first-order chi connectivity index (χ1) is 12.2. The normalized spacial score (nSPS) is 18.5. The van der Waals surface area contributed by atoms with Gasteiger partial charge in [-0.05, 0) is 25.8 Å². The zero-order chi connectivity index (χ0) is 19.5. The molecule has 2 rings (SSSR count). The fraction of sp³-hybridized carbons (Fsp3) is 0.533. The summed E-state index contributed by atoms with van der Waals surface area (Å²) in [6.45, 7) is 1.86. The number of rotatable bonds is 6. The number of hydrogen-bond donors (Lipinski definition) is 2. The molecule has 11 heteroatoms. The van der Waals surface area contributed by atoms with Gasteiger partial charge in [0.05, 0.1) is 21.3 Å². The van der Waals surface area contributed by atoms with E-state index in [-0.39, 0.29) is 37.6 Å². The highest BCUT2D eigenvalue weighted by Crippen LogP contribution is 2.29. The van der Waals surface area contributed by atoms with Gasteiger partial charge in [0.2, 0.25) is 15.9 Å². The molecule has 1 aromatic rings. The summed E-state index contributed by atoms with van der Waals surface area (Å²) < 4.78 is 40.6. The molecule has 0 aromatic heterocycles. The molecule has 0 saturated carbocycles. The third kappa shape index (κ3) is 4.17. The van der Waals surface area contributed by atoms with Crippen LogP contribution >= 0.6 is 0 Å². The minimum absolute atomic E-state index is 0.0674. The highest BCUT2D eigenvalue weighted by molar-refractivity contribution is 7.89. The lowest BCUT2D eigenvalue weighted by molar-refractivity contribution is -0.385. The summed E-state index contributed by atoms with van der Waals surface area (Å²) in [6.07, 6.45) is 0.973. The molecular weight excluding hydrogens is 367 g/mol. The van der Waals surface area contributed by atoms with Crippen molar-refractivity contribution in [3.63, 3.8) is 0 Å². The quantitative estimate of drug-likeness (QED) is 0.539. The van der Waals surface area contributed by atoms with Crippen molar-refractivity contribution in [1.82, 2.24) is 9.62 Å². The van der Waals surface area contributed by atoms with Crippen molar-refractivity contribution in [3.05, 3.63) is 33.6 Å². The molecule has 1 amide bonds. The van der Waals surface area contributed by atoms with E-state index < -0.39 is 37.3 Å². The molecule has 0 spiro atoms. The maximum atomic E-state index is 14.0. The van der Waals surface area contributed by atoms with E-state index in [0.717, 1.165) is 16.4 Å². The van der Waals surface area contributed by atoms with Gasteiger partial charge in [0, 0.05) is 32.2 Å². The number of piperidine rings is 1. The van der Waals surface area contributed by atoms with Crippen molar-refractivity contribution in [2.24, 2.45) is 11.7 Å². The SMILES string of the molecule is Cc1c(F)cc(S(=O)(=O)N2CCCC(C(=O)NCCN)C2)cc1[N+](=O)[O-]. The Hall–Kier alpha value is -2.11. The maximum absolute atomic E-state index is 14.0. The third-order valence-corrected chi connectivity index (χ3v) is 6.17. The van der Waals surface area contributed by atoms with Crippen LogP contribution in [0.3, 0.4) is 0 Å². The second-order valence-electron chi connectivity index (χ2n) is 6.09. The van der Waals surface area contributed by atoms with Crippen LogP contribution in [-0.4, -0.2) is 49.7 Å². The van der Waals surface area contributed by atoms with Crippen LogP contribution in [0.5, 0.6) is 0 Å². The smallest absolute Gasteiger partial charge is 0.276 e. The van der Waals surface area contributed by atoms with E-state index in [1.165, 1.54) is 6.92 Å². The molecule has 0 radical (unpaired) electrons. The Bertz CT molecular complexity index is 814. The molecule has 1 fully saturated rings. The first kappa shape index (κ1) is 20.2. The first-order valence-corrected chi connectivity index (χ1v) is 9.55. The average molecular weight is 388 g/mol. The molecule has 1 aromatic carbocycles. The number of nitrogens with one attached hydrogen (secondary N) is 1. The molecule has 26 heavy (non-hydrogen) atoms. The van der Waals surface area contributed by atoms with Crippen LogP contribution < -0.4 is 11.1 Å². The molecule has 1 saturated heterocycles. The largest absolute Gasteiger partial charge is 0.355 e. The van der Waals surface area contributed by atoms with Gasteiger partial charge < -0.3 is 11.1 Å². The number of nitrogens with zero attached hydrogens (tertiary/aromatic N) is 2. The molecule has 144 valence electrons. The number of carbonyl (C=O) groups excluding carboxylic acids is 1. The van der Waals surface area contributed by atoms with Crippen LogP contribution in [0.1, 0.15) is 18.4 Å². The average Bonchev–Trinajstić information content (AvgIpc) is 2.61. The Morgan fingerprint density at radius 2 is 2.19 bits per heavy atom. The van der Waals surface area contributed by atoms with Gasteiger partial charge in [0.1, 0.15) is 5.82 Å². The van der Waals surface area contributed by atoms with E-state index in [1.807, 2.05) is 0 Å². The van der Waals surface area contributed by atoms with Crippen LogP contribution in [0.15, 0.2) is 17.0 Å². The van der Waals surface area contributed by atoms with Gasteiger partial charge in [-0.3, -0.25) is 14.9 Å². The first-order valence-electron chi connectivity index (χ1n) is 8.11. The molecule has 9 nitrogen and oxygen atoms in total. The Balaban J connectivity index is 2.29. The van der Waals surface area contributed by atoms with Crippen LogP contribution in [-0.2, 0) is 14.8 Å². The minimum atomic E-state index is -4.16. The summed E-state index contributed by atoms with van der Waals surface area (Å²) in [5.74, 6) is -1.81. The predicted octanol–water partition coefficient (Wildman–Crippen LogP) is 0.518. The number of sulfonamides is 1. The minimum Gasteiger partial charge on any atom is -0.355 e. The Kier molecular flexibility index (Phi) is 6.26. The van der Waals surface area contributed by atoms with E-state index in [9.17, 15) is 27.7 Å². The number of halogens is 1. The number of carbonyl (C=O) groups is 1. The highest BCUT2D eigenvalue weighted by Gasteiger charge is 2.34. The van der Waals surface area contributed by atoms with Crippen molar-refractivity contribution >= 4 is 21.6 Å². The van der Waals surface area contributed by atoms with Gasteiger partial charge in [0.15, 0.2) is 0 Å². The number of nitro benzene ring substituents is 1. The monoisotopic (exact) mass is 388 g/mol. The van der Waals surface area contributed by atoms with E-state index in [4.69, 9.17) is 5.73 Å². The van der Waals surface area contributed by atoms with Crippen LogP contribution in [0.2, 0.25) is 0 Å². The van der Waals surface area contributed by atoms with E-state index in [1.54, 1.807) is 0 Å². The fourth-order valence-corrected chi connectivity index (χ4v) is 4.40. The summed E-state index contributed by atoms with van der Waals surface area (Å²) in [7, 11) is -4.16. The van der Waals surface area contributed by atoms with Gasteiger partial charge >= 0.3 is 0 Å². The molecule has 3 N–H and O–H groups in total. The molecule has 1 atom stereocenters. The van der Waals surface area contributed by atoms with Crippen molar-refractivity contribution in [2.75, 3.05) is 26.2 Å². The summed E-state index contributed by atoms with van der Waals surface area (Å²) >= 11 is 0. The Morgan fingerprint density at radius 3 is 2.81 bits per heavy atom. The lowest BCUT2D eigenvalue weighted by atomic mass is 9.99. The molecule has 0 aliphatic carbocycles. The van der Waals surface area contributed by atoms with Crippen LogP contribution in [0, 0.1) is 28.8 Å². The van der Waals surface area contributed by atoms with Gasteiger partial charge in [-0.2, -0.15) is 4.31 Å². The molecular formula is C15H21FN4O5S. The third-order valence-electron chi connectivity index (χ3n) is 4.32. The van der Waals surface area contributed by atoms with Crippen molar-refractivity contribution in [2.45, 2.75) is 24.7 Å². The summed E-state index contributed by atoms with van der Waals surface area (Å²) in [4.78, 5) is 21.8. The van der Waals surface area contributed by atoms with Gasteiger partial charge in [-0.1, -0.05) is 0 Å². The molecule has 1 aliphatic rings. The topological polar surface area (TPSA) is 136 Å². The van der Waals surface area contributed by atoms with E-state index >= 15 is 0 Å². The zero-order valence-electron chi connectivity index (χ0n) is 14.3. The number of hydrogen-bond acceptors (Lipinski definition) is 6. The van der Waals surface area contributed by atoms with E-state index in [0.29, 0.717) is 12.8 Å². The zero-order valence-corrected chi connectivity index (χ0v) is 15.1. The van der Waals surface area contributed by atoms with Gasteiger partial charge in [-0.25, -0.2) is 12.8 Å². The highest BCUT2D eigenvalue weighted by atomic mass is 32.2. The Morgan fingerprint density at radius 1 is 1.50 bits per heavy atom. The molecule has 1 aliphatic heterocycles. The van der Waals surface area contributed by atoms with Crippen molar-refractivity contribution in [3.8, 4) is 0 Å². The van der Waals surface area contributed by atoms with Crippen molar-refractivity contribution < 1.29 is 22.5 Å². The molecule has 0 bridgehead atoms. The number of amides is 1. The van der Waals surface area contributed by atoms with Gasteiger partial charge in [-0.15, -0.1) is 0 Å². The fourth-order valence-electron chi connectivity index (χ4n) is 2.84. The van der Waals surface area contributed by atoms with Crippen LogP contribution in [0.4, 0.5) is 10.1 Å². The number of nitro groups is 1. The molecule has 1 unspecified atom stereocenters. The van der Waals surface area contributed by atoms with Crippen molar-refractivity contribution in [1.29, 1.82) is 0 Å². The predicted molar refractivity (Wildman–Crippen MR) is 91.3 cm³/mol. The van der Waals surface area contributed by atoms with Gasteiger partial charge in [0.25, 0.3) is 5.69 Å². The lowest BCUT2D eigenvalue weighted by Crippen LogP contribution is -2.46. The summed E-state index contributed by atoms with van der Waals surface area (Å²) in [5, 5.41) is 13.7. The van der Waals surface area contributed by atoms with Crippen LogP contribution in [0.25, 0.3) is 0 Å². The second kappa shape index (κ2) is 8.06. The maximum Gasteiger partial charge on any atom is 0.276 e. The number of benzene rings is 1.